The largest absolute Gasteiger partial charge is 0.330 e. The van der Waals surface area contributed by atoms with Crippen LogP contribution in [-0.4, -0.2) is 28.6 Å². The van der Waals surface area contributed by atoms with Crippen molar-refractivity contribution in [2.75, 3.05) is 6.54 Å². The predicted octanol–water partition coefficient (Wildman–Crippen LogP) is 0.741. The third kappa shape index (κ3) is 3.69. The fraction of sp³-hybridized carbons (Fsp3) is 0.455. The first kappa shape index (κ1) is 12.8. The Balaban J connectivity index is 2.56. The molecule has 1 rings (SSSR count). The molecular formula is C11H17N3O2. The summed E-state index contributed by atoms with van der Waals surface area (Å²) in [5, 5.41) is 8.93. The normalized spacial score (nSPS) is 12.4. The van der Waals surface area contributed by atoms with Crippen LogP contribution in [0.25, 0.3) is 0 Å². The number of hydrogen-bond donors (Lipinski definition) is 3. The molecule has 0 aliphatic carbocycles. The zero-order chi connectivity index (χ0) is 11.8. The molecule has 5 heteroatoms. The molecule has 0 radical (unpaired) electrons. The van der Waals surface area contributed by atoms with Gasteiger partial charge in [0.2, 0.25) is 0 Å². The second kappa shape index (κ2) is 7.05. The lowest BCUT2D eigenvalue weighted by molar-refractivity contribution is 0.0741. The number of carbonyl (C=O) groups is 1. The second-order valence-electron chi connectivity index (χ2n) is 3.55. The minimum Gasteiger partial charge on any atom is -0.330 e. The third-order valence-electron chi connectivity index (χ3n) is 2.34. The van der Waals surface area contributed by atoms with Crippen LogP contribution < -0.4 is 11.2 Å². The van der Waals surface area contributed by atoms with Crippen LogP contribution in [0.4, 0.5) is 0 Å². The van der Waals surface area contributed by atoms with Crippen LogP contribution in [0.2, 0.25) is 0 Å². The smallest absolute Gasteiger partial charge is 0.200 e. The lowest BCUT2D eigenvalue weighted by Gasteiger charge is -2.12. The summed E-state index contributed by atoms with van der Waals surface area (Å²) in [4.78, 5) is 15.8. The first-order valence-corrected chi connectivity index (χ1v) is 5.34. The molecule has 1 aromatic heterocycles. The molecule has 0 unspecified atom stereocenters. The summed E-state index contributed by atoms with van der Waals surface area (Å²) in [5.41, 5.74) is 7.75. The second-order valence-corrected chi connectivity index (χ2v) is 3.55. The van der Waals surface area contributed by atoms with Gasteiger partial charge in [-0.15, -0.1) is 0 Å². The predicted molar refractivity (Wildman–Crippen MR) is 60.2 cm³/mol. The number of hydrogen-bond acceptors (Lipinski definition) is 5. The first-order chi connectivity index (χ1) is 7.79. The van der Waals surface area contributed by atoms with E-state index in [1.54, 1.807) is 24.4 Å². The summed E-state index contributed by atoms with van der Waals surface area (Å²) in [7, 11) is 0. The Morgan fingerprint density at radius 1 is 1.50 bits per heavy atom. The van der Waals surface area contributed by atoms with Gasteiger partial charge in [0.15, 0.2) is 5.78 Å². The van der Waals surface area contributed by atoms with Crippen molar-refractivity contribution >= 4 is 5.78 Å². The maximum absolute atomic E-state index is 11.9. The van der Waals surface area contributed by atoms with Gasteiger partial charge in [-0.2, -0.15) is 5.48 Å². The highest BCUT2D eigenvalue weighted by Gasteiger charge is 2.19. The molecule has 5 nitrogen and oxygen atoms in total. The average molecular weight is 223 g/mol. The Morgan fingerprint density at radius 3 is 2.88 bits per heavy atom. The van der Waals surface area contributed by atoms with E-state index in [4.69, 9.17) is 10.9 Å². The topological polar surface area (TPSA) is 88.2 Å². The molecule has 0 aromatic carbocycles. The molecule has 16 heavy (non-hydrogen) atoms. The van der Waals surface area contributed by atoms with E-state index in [1.165, 1.54) is 0 Å². The van der Waals surface area contributed by atoms with Gasteiger partial charge in [-0.3, -0.25) is 9.78 Å². The summed E-state index contributed by atoms with van der Waals surface area (Å²) in [5.74, 6) is -0.194. The van der Waals surface area contributed by atoms with Crippen molar-refractivity contribution < 1.29 is 10.0 Å². The Bertz CT molecular complexity index is 316. The van der Waals surface area contributed by atoms with Crippen LogP contribution in [-0.2, 0) is 0 Å². The molecule has 1 heterocycles. The lowest BCUT2D eigenvalue weighted by Crippen LogP contribution is -2.35. The van der Waals surface area contributed by atoms with E-state index >= 15 is 0 Å². The van der Waals surface area contributed by atoms with Crippen LogP contribution in [0.3, 0.4) is 0 Å². The quantitative estimate of drug-likeness (QED) is 0.360. The van der Waals surface area contributed by atoms with Gasteiger partial charge >= 0.3 is 0 Å². The fourth-order valence-electron chi connectivity index (χ4n) is 1.43. The molecule has 0 bridgehead atoms. The van der Waals surface area contributed by atoms with Gasteiger partial charge in [-0.05, 0) is 31.5 Å². The van der Waals surface area contributed by atoms with Crippen molar-refractivity contribution in [3.63, 3.8) is 0 Å². The summed E-state index contributed by atoms with van der Waals surface area (Å²) in [6.45, 7) is 0.593. The Morgan fingerprint density at radius 2 is 2.31 bits per heavy atom. The van der Waals surface area contributed by atoms with Gasteiger partial charge in [0.05, 0.1) is 6.04 Å². The Kier molecular flexibility index (Phi) is 5.63. The maximum Gasteiger partial charge on any atom is 0.200 e. The van der Waals surface area contributed by atoms with E-state index in [0.29, 0.717) is 18.7 Å². The number of unbranched alkanes of at least 4 members (excludes halogenated alkanes) is 1. The number of pyridine rings is 1. The van der Waals surface area contributed by atoms with Crippen molar-refractivity contribution in [3.8, 4) is 0 Å². The molecular weight excluding hydrogens is 206 g/mol. The van der Waals surface area contributed by atoms with Gasteiger partial charge in [0.1, 0.15) is 5.69 Å². The van der Waals surface area contributed by atoms with Crippen molar-refractivity contribution in [1.29, 1.82) is 0 Å². The number of nitrogens with zero attached hydrogens (tertiary/aromatic N) is 1. The molecule has 0 aliphatic rings. The zero-order valence-corrected chi connectivity index (χ0v) is 9.10. The zero-order valence-electron chi connectivity index (χ0n) is 9.10. The van der Waals surface area contributed by atoms with E-state index in [2.05, 4.69) is 4.98 Å². The number of nitrogens with one attached hydrogen (secondary N) is 1. The number of nitrogens with two attached hydrogens (primary N) is 1. The third-order valence-corrected chi connectivity index (χ3v) is 2.34. The molecule has 0 amide bonds. The minimum absolute atomic E-state index is 0.194. The number of ketones is 1. The van der Waals surface area contributed by atoms with E-state index in [9.17, 15) is 4.79 Å². The number of Topliss-reactive ketones (excluding diaryl/α,β-unsaturated/α-hetero) is 1. The van der Waals surface area contributed by atoms with Gasteiger partial charge in [0, 0.05) is 6.20 Å². The van der Waals surface area contributed by atoms with Gasteiger partial charge in [-0.1, -0.05) is 12.5 Å². The van der Waals surface area contributed by atoms with Crippen LogP contribution in [0.5, 0.6) is 0 Å². The molecule has 1 atom stereocenters. The molecule has 0 aliphatic heterocycles. The van der Waals surface area contributed by atoms with E-state index < -0.39 is 6.04 Å². The highest BCUT2D eigenvalue weighted by molar-refractivity contribution is 5.98. The van der Waals surface area contributed by atoms with Crippen LogP contribution in [0.1, 0.15) is 29.8 Å². The summed E-state index contributed by atoms with van der Waals surface area (Å²) in [6, 6.07) is 4.53. The van der Waals surface area contributed by atoms with Crippen LogP contribution in [0.15, 0.2) is 24.4 Å². The van der Waals surface area contributed by atoms with Crippen molar-refractivity contribution in [2.45, 2.75) is 25.3 Å². The molecule has 0 saturated carbocycles. The minimum atomic E-state index is -0.596. The number of hydroxylamine groups is 1. The molecule has 0 fully saturated rings. The monoisotopic (exact) mass is 223 g/mol. The van der Waals surface area contributed by atoms with Gasteiger partial charge < -0.3 is 10.9 Å². The van der Waals surface area contributed by atoms with Crippen molar-refractivity contribution in [2.24, 2.45) is 5.73 Å². The molecule has 0 spiro atoms. The summed E-state index contributed by atoms with van der Waals surface area (Å²) < 4.78 is 0. The number of carbonyl (C=O) groups excluding carboxylic acids is 1. The Hall–Kier alpha value is -1.30. The van der Waals surface area contributed by atoms with Gasteiger partial charge in [0.25, 0.3) is 0 Å². The fourth-order valence-corrected chi connectivity index (χ4v) is 1.43. The van der Waals surface area contributed by atoms with E-state index in [0.717, 1.165) is 12.8 Å². The SMILES string of the molecule is NCCCC[C@H](NO)C(=O)c1ccccn1. The summed E-state index contributed by atoms with van der Waals surface area (Å²) >= 11 is 0. The lowest BCUT2D eigenvalue weighted by atomic mass is 10.0. The van der Waals surface area contributed by atoms with Crippen LogP contribution in [0, 0.1) is 0 Å². The summed E-state index contributed by atoms with van der Waals surface area (Å²) in [6.07, 6.45) is 3.76. The molecule has 88 valence electrons. The molecule has 1 aromatic rings. The molecule has 0 saturated heterocycles. The standard InChI is InChI=1S/C11H17N3O2/c12-7-3-1-6-10(14-16)11(15)9-5-2-4-8-13-9/h2,4-5,8,10,14,16H,1,3,6-7,12H2/t10-/m0/s1. The number of aromatic nitrogens is 1. The maximum atomic E-state index is 11.9. The van der Waals surface area contributed by atoms with Crippen molar-refractivity contribution in [1.82, 2.24) is 10.5 Å². The molecule has 4 N–H and O–H groups in total. The highest BCUT2D eigenvalue weighted by Crippen LogP contribution is 2.06. The van der Waals surface area contributed by atoms with Gasteiger partial charge in [-0.25, -0.2) is 0 Å². The first-order valence-electron chi connectivity index (χ1n) is 5.34. The van der Waals surface area contributed by atoms with E-state index in [1.807, 2.05) is 5.48 Å². The Labute approximate surface area is 94.6 Å². The average Bonchev–Trinajstić information content (AvgIpc) is 2.35. The number of rotatable bonds is 7. The van der Waals surface area contributed by atoms with E-state index in [-0.39, 0.29) is 5.78 Å². The highest BCUT2D eigenvalue weighted by atomic mass is 16.5. The van der Waals surface area contributed by atoms with Crippen LogP contribution >= 0.6 is 0 Å². The van der Waals surface area contributed by atoms with Crippen molar-refractivity contribution in [3.05, 3.63) is 30.1 Å².